The summed E-state index contributed by atoms with van der Waals surface area (Å²) in [7, 11) is 0. The van der Waals surface area contributed by atoms with Crippen LogP contribution < -0.4 is 0 Å². The number of carbonyl (C=O) groups is 1. The molecule has 7 heteroatoms. The highest BCUT2D eigenvalue weighted by molar-refractivity contribution is 5.67. The molecule has 4 N–H and O–H groups in total. The fourth-order valence-corrected chi connectivity index (χ4v) is 1.65. The van der Waals surface area contributed by atoms with Crippen LogP contribution in [0.2, 0.25) is 0 Å². The number of ether oxygens (including phenoxy) is 2. The molecule has 1 fully saturated rings. The lowest BCUT2D eigenvalue weighted by atomic mass is 10.00. The molecule has 1 rings (SSSR count). The van der Waals surface area contributed by atoms with Gasteiger partial charge in [0.15, 0.2) is 6.29 Å². The molecule has 0 aromatic heterocycles. The SMILES string of the molecule is CC(CC(=O)O)O[C@@H]1OC(C)[C@H](O)[C@H](O)C1O. The van der Waals surface area contributed by atoms with Gasteiger partial charge in [-0.3, -0.25) is 4.79 Å². The number of aliphatic hydroxyl groups excluding tert-OH is 3. The summed E-state index contributed by atoms with van der Waals surface area (Å²) in [5.74, 6) is -1.03. The first kappa shape index (κ1) is 14.3. The van der Waals surface area contributed by atoms with Crippen molar-refractivity contribution in [3.05, 3.63) is 0 Å². The maximum Gasteiger partial charge on any atom is 0.305 e. The second-order valence-corrected chi connectivity index (χ2v) is 4.23. The van der Waals surface area contributed by atoms with E-state index in [1.807, 2.05) is 0 Å². The zero-order chi connectivity index (χ0) is 13.2. The first-order valence-electron chi connectivity index (χ1n) is 5.39. The molecule has 0 aromatic carbocycles. The Labute approximate surface area is 98.6 Å². The average molecular weight is 250 g/mol. The van der Waals surface area contributed by atoms with Crippen LogP contribution in [0.1, 0.15) is 20.3 Å². The molecule has 0 aromatic rings. The van der Waals surface area contributed by atoms with Gasteiger partial charge in [0.05, 0.1) is 18.6 Å². The predicted molar refractivity (Wildman–Crippen MR) is 55.2 cm³/mol. The van der Waals surface area contributed by atoms with E-state index in [9.17, 15) is 20.1 Å². The predicted octanol–water partition coefficient (Wildman–Crippen LogP) is -1.31. The Morgan fingerprint density at radius 3 is 2.41 bits per heavy atom. The van der Waals surface area contributed by atoms with Crippen molar-refractivity contribution in [3.8, 4) is 0 Å². The van der Waals surface area contributed by atoms with Crippen LogP contribution in [0.15, 0.2) is 0 Å². The zero-order valence-electron chi connectivity index (χ0n) is 9.68. The summed E-state index contributed by atoms with van der Waals surface area (Å²) in [4.78, 5) is 10.4. The van der Waals surface area contributed by atoms with Gasteiger partial charge in [0.25, 0.3) is 0 Å². The van der Waals surface area contributed by atoms with E-state index in [1.54, 1.807) is 0 Å². The molecule has 1 aliphatic rings. The number of carboxylic acid groups (broad SMARTS) is 1. The van der Waals surface area contributed by atoms with Crippen molar-refractivity contribution in [2.45, 2.75) is 57.1 Å². The molecule has 0 radical (unpaired) electrons. The maximum atomic E-state index is 10.4. The van der Waals surface area contributed by atoms with E-state index in [0.717, 1.165) is 0 Å². The normalized spacial score (nSPS) is 39.9. The summed E-state index contributed by atoms with van der Waals surface area (Å²) in [6.07, 6.45) is -6.72. The summed E-state index contributed by atoms with van der Waals surface area (Å²) < 4.78 is 10.3. The molecular weight excluding hydrogens is 232 g/mol. The first-order valence-corrected chi connectivity index (χ1v) is 5.39. The van der Waals surface area contributed by atoms with Gasteiger partial charge in [0.1, 0.15) is 18.3 Å². The minimum atomic E-state index is -1.41. The molecule has 100 valence electrons. The molecule has 0 amide bonds. The fourth-order valence-electron chi connectivity index (χ4n) is 1.65. The van der Waals surface area contributed by atoms with Crippen molar-refractivity contribution in [1.29, 1.82) is 0 Å². The van der Waals surface area contributed by atoms with Crippen molar-refractivity contribution < 1.29 is 34.7 Å². The van der Waals surface area contributed by atoms with Crippen molar-refractivity contribution in [3.63, 3.8) is 0 Å². The molecule has 6 atom stereocenters. The second kappa shape index (κ2) is 5.74. The van der Waals surface area contributed by atoms with Gasteiger partial charge >= 0.3 is 5.97 Å². The van der Waals surface area contributed by atoms with Gasteiger partial charge in [-0.25, -0.2) is 0 Å². The summed E-state index contributed by atoms with van der Waals surface area (Å²) >= 11 is 0. The standard InChI is InChI=1S/C10H18O7/c1-4(3-6(11)12)16-10-9(15)8(14)7(13)5(2)17-10/h4-5,7-10,13-15H,3H2,1-2H3,(H,11,12)/t4?,5?,7-,8-,9?,10+/m0/s1. The first-order chi connectivity index (χ1) is 7.82. The average Bonchev–Trinajstić information content (AvgIpc) is 2.21. The van der Waals surface area contributed by atoms with E-state index in [2.05, 4.69) is 0 Å². The Balaban J connectivity index is 2.56. The van der Waals surface area contributed by atoms with Crippen LogP contribution in [-0.4, -0.2) is 63.2 Å². The van der Waals surface area contributed by atoms with Crippen molar-refractivity contribution in [2.75, 3.05) is 0 Å². The van der Waals surface area contributed by atoms with Crippen LogP contribution in [0.25, 0.3) is 0 Å². The molecule has 0 bridgehead atoms. The van der Waals surface area contributed by atoms with Crippen LogP contribution >= 0.6 is 0 Å². The molecular formula is C10H18O7. The van der Waals surface area contributed by atoms with Gasteiger partial charge in [-0.15, -0.1) is 0 Å². The van der Waals surface area contributed by atoms with E-state index < -0.39 is 42.8 Å². The Bertz CT molecular complexity index is 269. The highest BCUT2D eigenvalue weighted by atomic mass is 16.7. The van der Waals surface area contributed by atoms with Crippen LogP contribution in [0.5, 0.6) is 0 Å². The van der Waals surface area contributed by atoms with Crippen LogP contribution in [0.4, 0.5) is 0 Å². The molecule has 3 unspecified atom stereocenters. The quantitative estimate of drug-likeness (QED) is 0.489. The molecule has 1 aliphatic heterocycles. The van der Waals surface area contributed by atoms with Gasteiger partial charge in [0.2, 0.25) is 0 Å². The monoisotopic (exact) mass is 250 g/mol. The van der Waals surface area contributed by atoms with Crippen LogP contribution in [-0.2, 0) is 14.3 Å². The summed E-state index contributed by atoms with van der Waals surface area (Å²) in [6.45, 7) is 3.05. The van der Waals surface area contributed by atoms with Crippen molar-refractivity contribution in [1.82, 2.24) is 0 Å². The van der Waals surface area contributed by atoms with E-state index in [4.69, 9.17) is 14.6 Å². The maximum absolute atomic E-state index is 10.4. The third kappa shape index (κ3) is 3.62. The topological polar surface area (TPSA) is 116 Å². The number of aliphatic carboxylic acids is 1. The Hall–Kier alpha value is -0.730. The fraction of sp³-hybridized carbons (Fsp3) is 0.900. The third-order valence-electron chi connectivity index (χ3n) is 2.64. The van der Waals surface area contributed by atoms with Crippen LogP contribution in [0, 0.1) is 0 Å². The number of aliphatic hydroxyl groups is 3. The Morgan fingerprint density at radius 2 is 1.88 bits per heavy atom. The highest BCUT2D eigenvalue weighted by Gasteiger charge is 2.42. The van der Waals surface area contributed by atoms with Gasteiger partial charge in [-0.05, 0) is 13.8 Å². The Morgan fingerprint density at radius 1 is 1.29 bits per heavy atom. The summed E-state index contributed by atoms with van der Waals surface area (Å²) in [6, 6.07) is 0. The Kier molecular flexibility index (Phi) is 4.84. The molecule has 0 aliphatic carbocycles. The van der Waals surface area contributed by atoms with E-state index in [-0.39, 0.29) is 6.42 Å². The van der Waals surface area contributed by atoms with E-state index in [0.29, 0.717) is 0 Å². The number of rotatable bonds is 4. The zero-order valence-corrected chi connectivity index (χ0v) is 9.68. The minimum absolute atomic E-state index is 0.236. The lowest BCUT2D eigenvalue weighted by Gasteiger charge is -2.39. The molecule has 1 saturated heterocycles. The minimum Gasteiger partial charge on any atom is -0.481 e. The smallest absolute Gasteiger partial charge is 0.305 e. The third-order valence-corrected chi connectivity index (χ3v) is 2.64. The summed E-state index contributed by atoms with van der Waals surface area (Å²) in [5.41, 5.74) is 0. The van der Waals surface area contributed by atoms with Crippen molar-refractivity contribution in [2.24, 2.45) is 0 Å². The van der Waals surface area contributed by atoms with Gasteiger partial charge in [-0.2, -0.15) is 0 Å². The van der Waals surface area contributed by atoms with Crippen molar-refractivity contribution >= 4 is 5.97 Å². The van der Waals surface area contributed by atoms with E-state index in [1.165, 1.54) is 13.8 Å². The van der Waals surface area contributed by atoms with Gasteiger partial charge < -0.3 is 29.9 Å². The number of hydrogen-bond donors (Lipinski definition) is 4. The van der Waals surface area contributed by atoms with Crippen LogP contribution in [0.3, 0.4) is 0 Å². The molecule has 1 heterocycles. The molecule has 7 nitrogen and oxygen atoms in total. The largest absolute Gasteiger partial charge is 0.481 e. The number of hydrogen-bond acceptors (Lipinski definition) is 6. The number of carboxylic acids is 1. The highest BCUT2D eigenvalue weighted by Crippen LogP contribution is 2.23. The summed E-state index contributed by atoms with van der Waals surface area (Å²) in [5, 5.41) is 37.1. The molecule has 17 heavy (non-hydrogen) atoms. The lowest BCUT2D eigenvalue weighted by molar-refractivity contribution is -0.302. The van der Waals surface area contributed by atoms with Gasteiger partial charge in [-0.1, -0.05) is 0 Å². The lowest BCUT2D eigenvalue weighted by Crippen LogP contribution is -2.57. The molecule has 0 spiro atoms. The molecule has 0 saturated carbocycles. The second-order valence-electron chi connectivity index (χ2n) is 4.23. The van der Waals surface area contributed by atoms with E-state index >= 15 is 0 Å². The van der Waals surface area contributed by atoms with Gasteiger partial charge in [0, 0.05) is 0 Å².